The van der Waals surface area contributed by atoms with Crippen molar-refractivity contribution >= 4 is 31.9 Å². The molecule has 2 rings (SSSR count). The first kappa shape index (κ1) is 15.5. The highest BCUT2D eigenvalue weighted by Gasteiger charge is 2.25. The quantitative estimate of drug-likeness (QED) is 0.869. The molecule has 0 aromatic heterocycles. The number of carbonyl (C=O) groups excluding carboxylic acids is 1. The lowest BCUT2D eigenvalue weighted by atomic mass is 10.3. The average molecular weight is 361 g/mol. The van der Waals surface area contributed by atoms with Gasteiger partial charge in [0.2, 0.25) is 15.9 Å². The smallest absolute Gasteiger partial charge is 0.241 e. The Labute approximate surface area is 127 Å². The summed E-state index contributed by atoms with van der Waals surface area (Å²) in [4.78, 5) is 13.5. The minimum Gasteiger partial charge on any atom is -0.341 e. The van der Waals surface area contributed by atoms with E-state index in [-0.39, 0.29) is 16.8 Å². The molecule has 1 aromatic rings. The van der Waals surface area contributed by atoms with Crippen molar-refractivity contribution in [3.05, 3.63) is 28.7 Å². The van der Waals surface area contributed by atoms with Crippen molar-refractivity contribution in [1.29, 1.82) is 0 Å². The number of halogens is 1. The van der Waals surface area contributed by atoms with Crippen LogP contribution in [0.5, 0.6) is 0 Å². The molecule has 1 saturated heterocycles. The fourth-order valence-electron chi connectivity index (χ4n) is 2.26. The van der Waals surface area contributed by atoms with Crippen molar-refractivity contribution in [1.82, 2.24) is 9.62 Å². The molecular weight excluding hydrogens is 344 g/mol. The summed E-state index contributed by atoms with van der Waals surface area (Å²) in [5, 5.41) is 0. The van der Waals surface area contributed by atoms with Gasteiger partial charge in [-0.1, -0.05) is 12.1 Å². The van der Waals surface area contributed by atoms with Gasteiger partial charge in [-0.25, -0.2) is 13.1 Å². The largest absolute Gasteiger partial charge is 0.341 e. The maximum absolute atomic E-state index is 12.3. The zero-order valence-electron chi connectivity index (χ0n) is 11.2. The minimum atomic E-state index is -3.58. The molecule has 0 radical (unpaired) electrons. The van der Waals surface area contributed by atoms with Gasteiger partial charge in [0.1, 0.15) is 0 Å². The van der Waals surface area contributed by atoms with Crippen LogP contribution in [-0.4, -0.2) is 38.4 Å². The Morgan fingerprint density at radius 2 is 2.10 bits per heavy atom. The van der Waals surface area contributed by atoms with E-state index in [2.05, 4.69) is 20.7 Å². The summed E-state index contributed by atoms with van der Waals surface area (Å²) in [6.45, 7) is 2.88. The zero-order valence-corrected chi connectivity index (χ0v) is 13.6. The fourth-order valence-corrected chi connectivity index (χ4v) is 4.49. The third-order valence-electron chi connectivity index (χ3n) is 3.15. The van der Waals surface area contributed by atoms with Crippen molar-refractivity contribution in [3.8, 4) is 0 Å². The minimum absolute atomic E-state index is 0.0944. The number of likely N-dealkylation sites (tertiary alicyclic amines) is 1. The highest BCUT2D eigenvalue weighted by Crippen LogP contribution is 2.21. The predicted molar refractivity (Wildman–Crippen MR) is 79.7 cm³/mol. The Balaban J connectivity index is 2.05. The number of rotatable bonds is 5. The second-order valence-corrected chi connectivity index (χ2v) is 7.43. The maximum atomic E-state index is 12.3. The van der Waals surface area contributed by atoms with Crippen LogP contribution in [0.3, 0.4) is 0 Å². The monoisotopic (exact) mass is 360 g/mol. The molecule has 1 amide bonds. The van der Waals surface area contributed by atoms with E-state index in [9.17, 15) is 13.2 Å². The molecule has 5 nitrogen and oxygen atoms in total. The molecule has 1 aromatic carbocycles. The van der Waals surface area contributed by atoms with Gasteiger partial charge >= 0.3 is 0 Å². The number of benzene rings is 1. The number of hydrogen-bond acceptors (Lipinski definition) is 3. The summed E-state index contributed by atoms with van der Waals surface area (Å²) >= 11 is 3.24. The van der Waals surface area contributed by atoms with E-state index in [0.29, 0.717) is 24.0 Å². The SMILES string of the molecule is CC(CN1CCCC1=O)NS(=O)(=O)c1ccccc1Br. The first-order chi connectivity index (χ1) is 9.40. The first-order valence-corrected chi connectivity index (χ1v) is 8.72. The van der Waals surface area contributed by atoms with Gasteiger partial charge in [-0.3, -0.25) is 4.79 Å². The lowest BCUT2D eigenvalue weighted by Gasteiger charge is -2.21. The highest BCUT2D eigenvalue weighted by molar-refractivity contribution is 9.10. The van der Waals surface area contributed by atoms with E-state index in [1.165, 1.54) is 0 Å². The Morgan fingerprint density at radius 3 is 2.70 bits per heavy atom. The molecule has 110 valence electrons. The molecule has 7 heteroatoms. The van der Waals surface area contributed by atoms with Crippen molar-refractivity contribution in [3.63, 3.8) is 0 Å². The third-order valence-corrected chi connectivity index (χ3v) is 5.75. The van der Waals surface area contributed by atoms with Gasteiger partial charge in [0.05, 0.1) is 4.90 Å². The van der Waals surface area contributed by atoms with E-state index < -0.39 is 10.0 Å². The number of nitrogens with one attached hydrogen (secondary N) is 1. The summed E-state index contributed by atoms with van der Waals surface area (Å²) in [5.41, 5.74) is 0. The van der Waals surface area contributed by atoms with Crippen LogP contribution in [0, 0.1) is 0 Å². The van der Waals surface area contributed by atoms with Crippen molar-refractivity contribution in [2.75, 3.05) is 13.1 Å². The second-order valence-electron chi connectivity index (χ2n) is 4.90. The number of nitrogens with zero attached hydrogens (tertiary/aromatic N) is 1. The Bertz CT molecular complexity index is 603. The van der Waals surface area contributed by atoms with Gasteiger partial charge < -0.3 is 4.90 Å². The molecule has 1 atom stereocenters. The van der Waals surface area contributed by atoms with Crippen LogP contribution < -0.4 is 4.72 Å². The van der Waals surface area contributed by atoms with Crippen LogP contribution in [0.1, 0.15) is 19.8 Å². The molecule has 0 spiro atoms. The number of hydrogen-bond donors (Lipinski definition) is 1. The lowest BCUT2D eigenvalue weighted by molar-refractivity contribution is -0.127. The van der Waals surface area contributed by atoms with E-state index >= 15 is 0 Å². The van der Waals surface area contributed by atoms with Crippen LogP contribution in [0.4, 0.5) is 0 Å². The van der Waals surface area contributed by atoms with Gasteiger partial charge in [-0.2, -0.15) is 0 Å². The topological polar surface area (TPSA) is 66.5 Å². The molecule has 0 saturated carbocycles. The Morgan fingerprint density at radius 1 is 1.40 bits per heavy atom. The lowest BCUT2D eigenvalue weighted by Crippen LogP contribution is -2.42. The van der Waals surface area contributed by atoms with Crippen LogP contribution in [-0.2, 0) is 14.8 Å². The predicted octanol–water partition coefficient (Wildman–Crippen LogP) is 1.74. The van der Waals surface area contributed by atoms with Crippen molar-refractivity contribution in [2.45, 2.75) is 30.7 Å². The molecule has 1 aliphatic rings. The zero-order chi connectivity index (χ0) is 14.8. The van der Waals surface area contributed by atoms with Gasteiger partial charge in [0, 0.05) is 30.0 Å². The molecule has 1 fully saturated rings. The first-order valence-electron chi connectivity index (χ1n) is 6.45. The van der Waals surface area contributed by atoms with E-state index in [0.717, 1.165) is 6.42 Å². The molecule has 20 heavy (non-hydrogen) atoms. The molecule has 0 aliphatic carbocycles. The Kier molecular flexibility index (Phi) is 4.82. The highest BCUT2D eigenvalue weighted by atomic mass is 79.9. The maximum Gasteiger partial charge on any atom is 0.241 e. The summed E-state index contributed by atoms with van der Waals surface area (Å²) in [6, 6.07) is 6.33. The summed E-state index contributed by atoms with van der Waals surface area (Å²) in [7, 11) is -3.58. The number of carbonyl (C=O) groups is 1. The van der Waals surface area contributed by atoms with E-state index in [1.807, 2.05) is 0 Å². The van der Waals surface area contributed by atoms with Gasteiger partial charge in [-0.15, -0.1) is 0 Å². The van der Waals surface area contributed by atoms with Crippen molar-refractivity contribution in [2.24, 2.45) is 0 Å². The third kappa shape index (κ3) is 3.59. The summed E-state index contributed by atoms with van der Waals surface area (Å²) in [6.07, 6.45) is 1.41. The molecule has 1 N–H and O–H groups in total. The van der Waals surface area contributed by atoms with Gasteiger partial charge in [0.25, 0.3) is 0 Å². The molecule has 0 bridgehead atoms. The second kappa shape index (κ2) is 6.24. The van der Waals surface area contributed by atoms with E-state index in [4.69, 9.17) is 0 Å². The van der Waals surface area contributed by atoms with Crippen LogP contribution in [0.25, 0.3) is 0 Å². The molecule has 1 unspecified atom stereocenters. The molecule has 1 aliphatic heterocycles. The number of sulfonamides is 1. The standard InChI is InChI=1S/C13H17BrN2O3S/c1-10(9-16-8-4-7-13(16)17)15-20(18,19)12-6-3-2-5-11(12)14/h2-3,5-6,10,15H,4,7-9H2,1H3. The van der Waals surface area contributed by atoms with Crippen LogP contribution in [0.15, 0.2) is 33.6 Å². The Hall–Kier alpha value is -0.920. The van der Waals surface area contributed by atoms with Crippen molar-refractivity contribution < 1.29 is 13.2 Å². The summed E-state index contributed by atoms with van der Waals surface area (Å²) in [5.74, 6) is 0.0944. The van der Waals surface area contributed by atoms with Crippen LogP contribution in [0.2, 0.25) is 0 Å². The van der Waals surface area contributed by atoms with E-state index in [1.54, 1.807) is 36.1 Å². The molecular formula is C13H17BrN2O3S. The molecule has 1 heterocycles. The number of amides is 1. The fraction of sp³-hybridized carbons (Fsp3) is 0.462. The normalized spacial score (nSPS) is 17.5. The average Bonchev–Trinajstić information content (AvgIpc) is 2.74. The van der Waals surface area contributed by atoms with Crippen LogP contribution >= 0.6 is 15.9 Å². The van der Waals surface area contributed by atoms with Gasteiger partial charge in [-0.05, 0) is 41.4 Å². The summed E-state index contributed by atoms with van der Waals surface area (Å²) < 4.78 is 27.7. The van der Waals surface area contributed by atoms with Gasteiger partial charge in [0.15, 0.2) is 0 Å².